The van der Waals surface area contributed by atoms with Crippen molar-refractivity contribution >= 4 is 23.8 Å². The van der Waals surface area contributed by atoms with E-state index in [1.165, 1.54) is 16.7 Å². The number of urea groups is 1. The van der Waals surface area contributed by atoms with Crippen LogP contribution < -0.4 is 0 Å². The SMILES string of the molecule is CCN(CC1CCCO1)C(=O)N1CSC[C@H]1C(=O)O. The lowest BCUT2D eigenvalue weighted by Gasteiger charge is -2.30. The Hall–Kier alpha value is -0.950. The van der Waals surface area contributed by atoms with Crippen molar-refractivity contribution in [2.75, 3.05) is 31.3 Å². The van der Waals surface area contributed by atoms with Crippen molar-refractivity contribution in [2.45, 2.75) is 31.9 Å². The molecule has 0 bridgehead atoms. The molecule has 0 aliphatic carbocycles. The molecule has 6 nitrogen and oxygen atoms in total. The van der Waals surface area contributed by atoms with Crippen LogP contribution in [0.1, 0.15) is 19.8 Å². The van der Waals surface area contributed by atoms with Crippen molar-refractivity contribution in [3.8, 4) is 0 Å². The number of nitrogens with zero attached hydrogens (tertiary/aromatic N) is 2. The number of carboxylic acids is 1. The summed E-state index contributed by atoms with van der Waals surface area (Å²) >= 11 is 1.48. The molecule has 2 rings (SSSR count). The maximum atomic E-state index is 12.4. The summed E-state index contributed by atoms with van der Waals surface area (Å²) in [5, 5.41) is 9.12. The van der Waals surface area contributed by atoms with Gasteiger partial charge in [0.2, 0.25) is 0 Å². The van der Waals surface area contributed by atoms with Crippen LogP contribution >= 0.6 is 11.8 Å². The fourth-order valence-electron chi connectivity index (χ4n) is 2.39. The first-order valence-electron chi connectivity index (χ1n) is 6.61. The zero-order valence-electron chi connectivity index (χ0n) is 11.1. The van der Waals surface area contributed by atoms with Crippen LogP contribution in [0.15, 0.2) is 0 Å². The van der Waals surface area contributed by atoms with Crippen molar-refractivity contribution in [2.24, 2.45) is 0 Å². The molecular formula is C12H20N2O4S. The molecule has 0 radical (unpaired) electrons. The number of likely N-dealkylation sites (N-methyl/N-ethyl adjacent to an activating group) is 1. The third kappa shape index (κ3) is 3.33. The van der Waals surface area contributed by atoms with Gasteiger partial charge in [0.15, 0.2) is 0 Å². The molecule has 2 fully saturated rings. The first-order chi connectivity index (χ1) is 9.13. The lowest BCUT2D eigenvalue weighted by atomic mass is 10.2. The molecule has 0 spiro atoms. The molecule has 1 N–H and O–H groups in total. The highest BCUT2D eigenvalue weighted by Crippen LogP contribution is 2.23. The zero-order valence-corrected chi connectivity index (χ0v) is 11.9. The molecule has 7 heteroatoms. The summed E-state index contributed by atoms with van der Waals surface area (Å²) in [7, 11) is 0. The number of carbonyl (C=O) groups excluding carboxylic acids is 1. The van der Waals surface area contributed by atoms with Crippen LogP contribution in [-0.4, -0.2) is 70.4 Å². The normalized spacial score (nSPS) is 26.7. The number of aliphatic carboxylic acids is 1. The Kier molecular flexibility index (Phi) is 4.93. The molecule has 0 saturated carbocycles. The molecule has 19 heavy (non-hydrogen) atoms. The molecule has 2 saturated heterocycles. The van der Waals surface area contributed by atoms with E-state index in [4.69, 9.17) is 9.84 Å². The average molecular weight is 288 g/mol. The third-order valence-corrected chi connectivity index (χ3v) is 4.53. The second-order valence-electron chi connectivity index (χ2n) is 4.78. The predicted molar refractivity (Wildman–Crippen MR) is 72.2 cm³/mol. The highest BCUT2D eigenvalue weighted by molar-refractivity contribution is 7.99. The molecule has 0 aromatic carbocycles. The fourth-order valence-corrected chi connectivity index (χ4v) is 3.53. The Morgan fingerprint density at radius 1 is 1.53 bits per heavy atom. The van der Waals surface area contributed by atoms with Gasteiger partial charge in [-0.15, -0.1) is 11.8 Å². The van der Waals surface area contributed by atoms with E-state index in [0.717, 1.165) is 19.4 Å². The van der Waals surface area contributed by atoms with Crippen molar-refractivity contribution in [1.29, 1.82) is 0 Å². The first-order valence-corrected chi connectivity index (χ1v) is 7.76. The van der Waals surface area contributed by atoms with Gasteiger partial charge in [-0.05, 0) is 19.8 Å². The monoisotopic (exact) mass is 288 g/mol. The number of hydrogen-bond donors (Lipinski definition) is 1. The van der Waals surface area contributed by atoms with Gasteiger partial charge in [-0.1, -0.05) is 0 Å². The summed E-state index contributed by atoms with van der Waals surface area (Å²) in [4.78, 5) is 26.7. The maximum Gasteiger partial charge on any atom is 0.327 e. The van der Waals surface area contributed by atoms with E-state index < -0.39 is 12.0 Å². The topological polar surface area (TPSA) is 70.1 Å². The lowest BCUT2D eigenvalue weighted by molar-refractivity contribution is -0.140. The minimum absolute atomic E-state index is 0.0995. The Labute approximate surface area is 117 Å². The van der Waals surface area contributed by atoms with Crippen LogP contribution in [0.3, 0.4) is 0 Å². The summed E-state index contributed by atoms with van der Waals surface area (Å²) in [6.45, 7) is 3.80. The van der Waals surface area contributed by atoms with Crippen LogP contribution in [0.2, 0.25) is 0 Å². The van der Waals surface area contributed by atoms with Crippen LogP contribution in [0.25, 0.3) is 0 Å². The molecule has 108 valence electrons. The molecule has 0 aromatic heterocycles. The van der Waals surface area contributed by atoms with E-state index in [-0.39, 0.29) is 12.1 Å². The van der Waals surface area contributed by atoms with Crippen molar-refractivity contribution < 1.29 is 19.4 Å². The van der Waals surface area contributed by atoms with Crippen LogP contribution in [0.5, 0.6) is 0 Å². The van der Waals surface area contributed by atoms with E-state index in [1.807, 2.05) is 6.92 Å². The lowest BCUT2D eigenvalue weighted by Crippen LogP contribution is -2.50. The standard InChI is InChI=1S/C12H20N2O4S/c1-2-13(6-9-4-3-5-18-9)12(17)14-8-19-7-10(14)11(15)16/h9-10H,2-8H2,1H3,(H,15,16)/t9?,10-/m0/s1. The number of amides is 2. The number of ether oxygens (including phenoxy) is 1. The molecule has 1 unspecified atom stereocenters. The third-order valence-electron chi connectivity index (χ3n) is 3.51. The van der Waals surface area contributed by atoms with E-state index in [2.05, 4.69) is 0 Å². The second-order valence-corrected chi connectivity index (χ2v) is 5.78. The smallest absolute Gasteiger partial charge is 0.327 e. The largest absolute Gasteiger partial charge is 0.480 e. The van der Waals surface area contributed by atoms with E-state index in [0.29, 0.717) is 24.7 Å². The maximum absolute atomic E-state index is 12.4. The summed E-state index contributed by atoms with van der Waals surface area (Å²) in [6.07, 6.45) is 2.11. The Morgan fingerprint density at radius 2 is 2.32 bits per heavy atom. The number of carbonyl (C=O) groups is 2. The van der Waals surface area contributed by atoms with Crippen LogP contribution in [0, 0.1) is 0 Å². The van der Waals surface area contributed by atoms with Gasteiger partial charge >= 0.3 is 12.0 Å². The van der Waals surface area contributed by atoms with Gasteiger partial charge in [-0.25, -0.2) is 9.59 Å². The molecule has 2 aliphatic rings. The molecule has 2 heterocycles. The minimum atomic E-state index is -0.925. The Morgan fingerprint density at radius 3 is 2.89 bits per heavy atom. The van der Waals surface area contributed by atoms with Crippen molar-refractivity contribution in [3.63, 3.8) is 0 Å². The molecule has 2 aliphatic heterocycles. The molecule has 2 amide bonds. The minimum Gasteiger partial charge on any atom is -0.480 e. The van der Waals surface area contributed by atoms with Crippen molar-refractivity contribution in [3.05, 3.63) is 0 Å². The molecule has 0 aromatic rings. The molecular weight excluding hydrogens is 268 g/mol. The van der Waals surface area contributed by atoms with Gasteiger partial charge in [-0.3, -0.25) is 0 Å². The first kappa shape index (κ1) is 14.5. The summed E-state index contributed by atoms with van der Waals surface area (Å²) in [5.41, 5.74) is 0. The Balaban J connectivity index is 1.96. The van der Waals surface area contributed by atoms with Gasteiger partial charge in [0.1, 0.15) is 6.04 Å². The Bertz CT molecular complexity index is 347. The van der Waals surface area contributed by atoms with E-state index in [1.54, 1.807) is 4.90 Å². The van der Waals surface area contributed by atoms with Gasteiger partial charge < -0.3 is 19.6 Å². The van der Waals surface area contributed by atoms with Gasteiger partial charge in [0, 0.05) is 25.4 Å². The van der Waals surface area contributed by atoms with Crippen LogP contribution in [-0.2, 0) is 9.53 Å². The highest BCUT2D eigenvalue weighted by atomic mass is 32.2. The van der Waals surface area contributed by atoms with Gasteiger partial charge in [-0.2, -0.15) is 0 Å². The number of hydrogen-bond acceptors (Lipinski definition) is 4. The molecule has 2 atom stereocenters. The number of thioether (sulfide) groups is 1. The quantitative estimate of drug-likeness (QED) is 0.838. The summed E-state index contributed by atoms with van der Waals surface area (Å²) in [6, 6.07) is -0.883. The average Bonchev–Trinajstić information content (AvgIpc) is 3.05. The summed E-state index contributed by atoms with van der Waals surface area (Å²) in [5.74, 6) is 0.00245. The number of rotatable bonds is 4. The van der Waals surface area contributed by atoms with Gasteiger partial charge in [0.05, 0.1) is 12.0 Å². The van der Waals surface area contributed by atoms with Crippen molar-refractivity contribution in [1.82, 2.24) is 9.80 Å². The predicted octanol–water partition coefficient (Wildman–Crippen LogP) is 1.07. The van der Waals surface area contributed by atoms with Gasteiger partial charge in [0.25, 0.3) is 0 Å². The van der Waals surface area contributed by atoms with Crippen LogP contribution in [0.4, 0.5) is 4.79 Å². The second kappa shape index (κ2) is 6.47. The summed E-state index contributed by atoms with van der Waals surface area (Å²) < 4.78 is 5.54. The zero-order chi connectivity index (χ0) is 13.8. The number of carboxylic acid groups (broad SMARTS) is 1. The fraction of sp³-hybridized carbons (Fsp3) is 0.833. The van der Waals surface area contributed by atoms with E-state index in [9.17, 15) is 9.59 Å². The van der Waals surface area contributed by atoms with E-state index >= 15 is 0 Å². The highest BCUT2D eigenvalue weighted by Gasteiger charge is 2.37.